The lowest BCUT2D eigenvalue weighted by molar-refractivity contribution is -0.119. The van der Waals surface area contributed by atoms with Gasteiger partial charge in [-0.3, -0.25) is 0 Å². The number of aromatic nitrogens is 2. The van der Waals surface area contributed by atoms with Crippen molar-refractivity contribution in [1.82, 2.24) is 9.97 Å². The number of benzene rings is 1. The van der Waals surface area contributed by atoms with Crippen LogP contribution >= 0.6 is 11.6 Å². The number of fused-ring (bicyclic) bond motifs is 1. The van der Waals surface area contributed by atoms with Gasteiger partial charge in [0.25, 0.3) is 0 Å². The highest BCUT2D eigenvalue weighted by Crippen LogP contribution is 2.27. The summed E-state index contributed by atoms with van der Waals surface area (Å²) in [4.78, 5) is 9.07. The number of alkyl halides is 3. The van der Waals surface area contributed by atoms with Crippen LogP contribution in [-0.4, -0.2) is 29.2 Å². The van der Waals surface area contributed by atoms with Gasteiger partial charge in [0.1, 0.15) is 12.4 Å². The summed E-state index contributed by atoms with van der Waals surface area (Å²) in [6, 6.07) is 6.84. The third-order valence-electron chi connectivity index (χ3n) is 2.61. The second-order valence-electron chi connectivity index (χ2n) is 3.96. The van der Waals surface area contributed by atoms with Crippen LogP contribution in [0, 0.1) is 0 Å². The molecule has 19 heavy (non-hydrogen) atoms. The maximum Gasteiger partial charge on any atom is 0.405 e. The molecule has 3 nitrogen and oxygen atoms in total. The fourth-order valence-electron chi connectivity index (χ4n) is 1.83. The van der Waals surface area contributed by atoms with E-state index in [4.69, 9.17) is 11.6 Å². The van der Waals surface area contributed by atoms with Gasteiger partial charge in [0.2, 0.25) is 5.28 Å². The number of anilines is 1. The van der Waals surface area contributed by atoms with Crippen LogP contribution in [0.2, 0.25) is 5.28 Å². The molecule has 0 N–H and O–H groups in total. The summed E-state index contributed by atoms with van der Waals surface area (Å²) in [5.74, 6) is 0.204. The zero-order valence-electron chi connectivity index (χ0n) is 10.1. The van der Waals surface area contributed by atoms with Gasteiger partial charge in [0.15, 0.2) is 0 Å². The van der Waals surface area contributed by atoms with E-state index in [0.29, 0.717) is 10.9 Å². The van der Waals surface area contributed by atoms with Gasteiger partial charge in [0, 0.05) is 11.9 Å². The highest BCUT2D eigenvalue weighted by molar-refractivity contribution is 6.28. The van der Waals surface area contributed by atoms with E-state index in [-0.39, 0.29) is 17.6 Å². The standard InChI is InChI=1S/C12H11ClF3N3/c1-2-19(7-12(14,15)16)10-8-5-3-4-6-9(8)17-11(13)18-10/h3-6H,2,7H2,1H3. The van der Waals surface area contributed by atoms with E-state index in [2.05, 4.69) is 9.97 Å². The van der Waals surface area contributed by atoms with Gasteiger partial charge in [-0.2, -0.15) is 18.2 Å². The fraction of sp³-hybridized carbons (Fsp3) is 0.333. The van der Waals surface area contributed by atoms with Gasteiger partial charge in [-0.15, -0.1) is 0 Å². The van der Waals surface area contributed by atoms with E-state index in [1.165, 1.54) is 0 Å². The van der Waals surface area contributed by atoms with Crippen LogP contribution in [0.5, 0.6) is 0 Å². The summed E-state index contributed by atoms with van der Waals surface area (Å²) < 4.78 is 37.7. The molecule has 1 aromatic carbocycles. The normalized spacial score (nSPS) is 11.8. The van der Waals surface area contributed by atoms with Crippen molar-refractivity contribution in [1.29, 1.82) is 0 Å². The van der Waals surface area contributed by atoms with Gasteiger partial charge in [0.05, 0.1) is 5.52 Å². The Morgan fingerprint density at radius 3 is 2.53 bits per heavy atom. The molecule has 0 saturated heterocycles. The second-order valence-corrected chi connectivity index (χ2v) is 4.30. The van der Waals surface area contributed by atoms with Gasteiger partial charge in [-0.05, 0) is 30.7 Å². The summed E-state index contributed by atoms with van der Waals surface area (Å²) in [7, 11) is 0. The maximum absolute atomic E-state index is 12.6. The fourth-order valence-corrected chi connectivity index (χ4v) is 2.00. The Labute approximate surface area is 113 Å². The van der Waals surface area contributed by atoms with E-state index in [9.17, 15) is 13.2 Å². The van der Waals surface area contributed by atoms with Crippen molar-refractivity contribution in [3.05, 3.63) is 29.5 Å². The number of para-hydroxylation sites is 1. The molecular weight excluding hydrogens is 279 g/mol. The number of nitrogens with zero attached hydrogens (tertiary/aromatic N) is 3. The zero-order chi connectivity index (χ0) is 14.0. The number of halogens is 4. The Morgan fingerprint density at radius 2 is 1.89 bits per heavy atom. The van der Waals surface area contributed by atoms with E-state index < -0.39 is 12.7 Å². The topological polar surface area (TPSA) is 29.0 Å². The minimum Gasteiger partial charge on any atom is -0.347 e. The van der Waals surface area contributed by atoms with Crippen LogP contribution in [0.15, 0.2) is 24.3 Å². The highest BCUT2D eigenvalue weighted by atomic mass is 35.5. The van der Waals surface area contributed by atoms with Crippen LogP contribution in [0.1, 0.15) is 6.92 Å². The maximum atomic E-state index is 12.6. The van der Waals surface area contributed by atoms with Crippen molar-refractivity contribution in [2.75, 3.05) is 18.0 Å². The summed E-state index contributed by atoms with van der Waals surface area (Å²) in [5.41, 5.74) is 0.526. The molecule has 0 bridgehead atoms. The van der Waals surface area contributed by atoms with E-state index >= 15 is 0 Å². The molecule has 0 atom stereocenters. The molecule has 2 aromatic rings. The Bertz CT molecular complexity index is 586. The smallest absolute Gasteiger partial charge is 0.347 e. The summed E-state index contributed by atoms with van der Waals surface area (Å²) >= 11 is 5.77. The highest BCUT2D eigenvalue weighted by Gasteiger charge is 2.31. The largest absolute Gasteiger partial charge is 0.405 e. The van der Waals surface area contributed by atoms with E-state index in [1.807, 2.05) is 0 Å². The molecule has 0 aliphatic rings. The van der Waals surface area contributed by atoms with Crippen LogP contribution in [-0.2, 0) is 0 Å². The van der Waals surface area contributed by atoms with Crippen molar-refractivity contribution < 1.29 is 13.2 Å². The molecule has 2 rings (SSSR count). The first kappa shape index (κ1) is 13.9. The van der Waals surface area contributed by atoms with Gasteiger partial charge in [-0.25, -0.2) is 4.98 Å². The average Bonchev–Trinajstić information content (AvgIpc) is 2.34. The Kier molecular flexibility index (Phi) is 3.80. The molecule has 0 aliphatic carbocycles. The lowest BCUT2D eigenvalue weighted by Crippen LogP contribution is -2.34. The molecule has 102 valence electrons. The van der Waals surface area contributed by atoms with Crippen molar-refractivity contribution in [3.8, 4) is 0 Å². The van der Waals surface area contributed by atoms with Gasteiger partial charge in [-0.1, -0.05) is 12.1 Å². The van der Waals surface area contributed by atoms with Crippen molar-refractivity contribution in [2.45, 2.75) is 13.1 Å². The third-order valence-corrected chi connectivity index (χ3v) is 2.78. The minimum absolute atomic E-state index is 0.0608. The van der Waals surface area contributed by atoms with Crippen molar-refractivity contribution in [3.63, 3.8) is 0 Å². The average molecular weight is 290 g/mol. The Morgan fingerprint density at radius 1 is 1.21 bits per heavy atom. The van der Waals surface area contributed by atoms with Crippen LogP contribution in [0.25, 0.3) is 10.9 Å². The van der Waals surface area contributed by atoms with E-state index in [1.54, 1.807) is 31.2 Å². The molecule has 0 fully saturated rings. The lowest BCUT2D eigenvalue weighted by atomic mass is 10.2. The SMILES string of the molecule is CCN(CC(F)(F)F)c1nc(Cl)nc2ccccc12. The second kappa shape index (κ2) is 5.21. The molecule has 1 aromatic heterocycles. The molecule has 0 spiro atoms. The van der Waals surface area contributed by atoms with Crippen LogP contribution < -0.4 is 4.90 Å². The predicted molar refractivity (Wildman–Crippen MR) is 68.5 cm³/mol. The zero-order valence-corrected chi connectivity index (χ0v) is 10.8. The van der Waals surface area contributed by atoms with Gasteiger partial charge >= 0.3 is 6.18 Å². The Hall–Kier alpha value is -1.56. The minimum atomic E-state index is -4.30. The molecule has 1 heterocycles. The summed E-state index contributed by atoms with van der Waals surface area (Å²) in [5, 5.41) is 0.493. The van der Waals surface area contributed by atoms with Crippen molar-refractivity contribution in [2.24, 2.45) is 0 Å². The lowest BCUT2D eigenvalue weighted by Gasteiger charge is -2.24. The molecule has 0 amide bonds. The number of rotatable bonds is 3. The van der Waals surface area contributed by atoms with Crippen molar-refractivity contribution >= 4 is 28.3 Å². The first-order valence-corrected chi connectivity index (χ1v) is 6.02. The molecule has 0 saturated carbocycles. The molecule has 0 radical (unpaired) electrons. The number of hydrogen-bond acceptors (Lipinski definition) is 3. The monoisotopic (exact) mass is 289 g/mol. The molecule has 0 unspecified atom stereocenters. The van der Waals surface area contributed by atoms with Gasteiger partial charge < -0.3 is 4.90 Å². The first-order chi connectivity index (χ1) is 8.90. The van der Waals surface area contributed by atoms with E-state index in [0.717, 1.165) is 4.90 Å². The third kappa shape index (κ3) is 3.26. The summed E-state index contributed by atoms with van der Waals surface area (Å²) in [6.07, 6.45) is -4.30. The molecule has 7 heteroatoms. The molecular formula is C12H11ClF3N3. The summed E-state index contributed by atoms with van der Waals surface area (Å²) in [6.45, 7) is 0.744. The quantitative estimate of drug-likeness (QED) is 0.807. The first-order valence-electron chi connectivity index (χ1n) is 5.64. The van der Waals surface area contributed by atoms with Crippen LogP contribution in [0.3, 0.4) is 0 Å². The molecule has 0 aliphatic heterocycles. The number of hydrogen-bond donors (Lipinski definition) is 0. The predicted octanol–water partition coefficient (Wildman–Crippen LogP) is 3.67. The Balaban J connectivity index is 2.53. The van der Waals surface area contributed by atoms with Crippen LogP contribution in [0.4, 0.5) is 19.0 Å².